The van der Waals surface area contributed by atoms with Crippen LogP contribution in [0.1, 0.15) is 25.7 Å². The zero-order chi connectivity index (χ0) is 10.3. The van der Waals surface area contributed by atoms with Crippen LogP contribution in [0.4, 0.5) is 11.5 Å². The first-order valence-corrected chi connectivity index (χ1v) is 5.81. The molecule has 0 unspecified atom stereocenters. The third kappa shape index (κ3) is 2.06. The van der Waals surface area contributed by atoms with Crippen molar-refractivity contribution >= 4 is 11.5 Å². The lowest BCUT2D eigenvalue weighted by molar-refractivity contribution is 0.718. The maximum Gasteiger partial charge on any atom is 0.125 e. The maximum absolute atomic E-state index is 5.73. The average molecular weight is 203 g/mol. The Balaban J connectivity index is 1.80. The lowest BCUT2D eigenvalue weighted by Gasteiger charge is -2.24. The molecular formula is C12H17N3. The SMILES string of the molecule is Nc1cc(N(CC2CC2)C2CC2)ccn1. The minimum Gasteiger partial charge on any atom is -0.384 e. The molecule has 0 aromatic carbocycles. The second kappa shape index (κ2) is 3.40. The molecule has 2 N–H and O–H groups in total. The predicted octanol–water partition coefficient (Wildman–Crippen LogP) is 2.04. The largest absolute Gasteiger partial charge is 0.384 e. The van der Waals surface area contributed by atoms with Crippen LogP contribution in [0.2, 0.25) is 0 Å². The van der Waals surface area contributed by atoms with Gasteiger partial charge in [-0.25, -0.2) is 4.98 Å². The Morgan fingerprint density at radius 2 is 2.13 bits per heavy atom. The van der Waals surface area contributed by atoms with E-state index in [0.717, 1.165) is 12.0 Å². The highest BCUT2D eigenvalue weighted by atomic mass is 15.2. The van der Waals surface area contributed by atoms with Crippen molar-refractivity contribution in [2.75, 3.05) is 17.2 Å². The van der Waals surface area contributed by atoms with Crippen molar-refractivity contribution in [1.82, 2.24) is 4.98 Å². The van der Waals surface area contributed by atoms with Crippen LogP contribution in [0.15, 0.2) is 18.3 Å². The molecule has 0 saturated heterocycles. The van der Waals surface area contributed by atoms with Crippen molar-refractivity contribution in [3.05, 3.63) is 18.3 Å². The summed E-state index contributed by atoms with van der Waals surface area (Å²) in [6, 6.07) is 4.85. The Morgan fingerprint density at radius 1 is 1.33 bits per heavy atom. The van der Waals surface area contributed by atoms with Gasteiger partial charge in [-0.2, -0.15) is 0 Å². The van der Waals surface area contributed by atoms with Crippen LogP contribution in [0, 0.1) is 5.92 Å². The molecule has 3 nitrogen and oxygen atoms in total. The molecule has 15 heavy (non-hydrogen) atoms. The molecule has 0 aliphatic heterocycles. The van der Waals surface area contributed by atoms with E-state index in [-0.39, 0.29) is 0 Å². The summed E-state index contributed by atoms with van der Waals surface area (Å²) in [5.74, 6) is 1.56. The molecule has 1 aromatic rings. The van der Waals surface area contributed by atoms with Crippen LogP contribution in [0.25, 0.3) is 0 Å². The Kier molecular flexibility index (Phi) is 2.04. The van der Waals surface area contributed by atoms with Gasteiger partial charge < -0.3 is 10.6 Å². The minimum absolute atomic E-state index is 0.633. The van der Waals surface area contributed by atoms with Crippen LogP contribution in [0.5, 0.6) is 0 Å². The minimum atomic E-state index is 0.633. The normalized spacial score (nSPS) is 20.3. The van der Waals surface area contributed by atoms with Gasteiger partial charge in [-0.05, 0) is 37.7 Å². The number of nitrogens with two attached hydrogens (primary N) is 1. The van der Waals surface area contributed by atoms with Gasteiger partial charge in [-0.1, -0.05) is 0 Å². The van der Waals surface area contributed by atoms with Crippen LogP contribution in [-0.2, 0) is 0 Å². The molecule has 1 heterocycles. The van der Waals surface area contributed by atoms with Crippen molar-refractivity contribution in [2.24, 2.45) is 5.92 Å². The molecule has 3 heteroatoms. The predicted molar refractivity (Wildman–Crippen MR) is 61.7 cm³/mol. The maximum atomic E-state index is 5.73. The molecular weight excluding hydrogens is 186 g/mol. The Hall–Kier alpha value is -1.25. The first kappa shape index (κ1) is 9.01. The molecule has 1 aromatic heterocycles. The van der Waals surface area contributed by atoms with E-state index in [1.165, 1.54) is 37.9 Å². The van der Waals surface area contributed by atoms with Crippen LogP contribution in [-0.4, -0.2) is 17.6 Å². The van der Waals surface area contributed by atoms with Crippen LogP contribution in [0.3, 0.4) is 0 Å². The number of aromatic nitrogens is 1. The smallest absolute Gasteiger partial charge is 0.125 e. The first-order chi connectivity index (χ1) is 7.33. The van der Waals surface area contributed by atoms with Crippen molar-refractivity contribution in [1.29, 1.82) is 0 Å². The highest BCUT2D eigenvalue weighted by molar-refractivity contribution is 5.53. The van der Waals surface area contributed by atoms with Crippen LogP contribution < -0.4 is 10.6 Å². The van der Waals surface area contributed by atoms with E-state index in [9.17, 15) is 0 Å². The summed E-state index contributed by atoms with van der Waals surface area (Å²) in [7, 11) is 0. The summed E-state index contributed by atoms with van der Waals surface area (Å²) in [6.07, 6.45) is 7.31. The third-order valence-electron chi connectivity index (χ3n) is 3.24. The highest BCUT2D eigenvalue weighted by Gasteiger charge is 2.33. The van der Waals surface area contributed by atoms with Gasteiger partial charge in [0.15, 0.2) is 0 Å². The number of nitrogens with zero attached hydrogens (tertiary/aromatic N) is 2. The quantitative estimate of drug-likeness (QED) is 0.814. The van der Waals surface area contributed by atoms with E-state index in [0.29, 0.717) is 5.82 Å². The molecule has 2 fully saturated rings. The van der Waals surface area contributed by atoms with Crippen molar-refractivity contribution in [3.8, 4) is 0 Å². The topological polar surface area (TPSA) is 42.1 Å². The molecule has 0 amide bonds. The molecule has 3 rings (SSSR count). The van der Waals surface area contributed by atoms with Gasteiger partial charge in [0.2, 0.25) is 0 Å². The van der Waals surface area contributed by atoms with Gasteiger partial charge in [-0.3, -0.25) is 0 Å². The summed E-state index contributed by atoms with van der Waals surface area (Å²) in [5, 5.41) is 0. The van der Waals surface area contributed by atoms with E-state index in [1.807, 2.05) is 12.3 Å². The number of anilines is 2. The molecule has 0 bridgehead atoms. The zero-order valence-electron chi connectivity index (χ0n) is 8.89. The zero-order valence-corrected chi connectivity index (χ0v) is 8.89. The van der Waals surface area contributed by atoms with Gasteiger partial charge in [0.05, 0.1) is 0 Å². The Labute approximate surface area is 90.3 Å². The lowest BCUT2D eigenvalue weighted by Crippen LogP contribution is -2.28. The van der Waals surface area contributed by atoms with E-state index in [4.69, 9.17) is 5.73 Å². The van der Waals surface area contributed by atoms with Gasteiger partial charge >= 0.3 is 0 Å². The van der Waals surface area contributed by atoms with Gasteiger partial charge in [-0.15, -0.1) is 0 Å². The van der Waals surface area contributed by atoms with Gasteiger partial charge in [0.25, 0.3) is 0 Å². The number of pyridine rings is 1. The molecule has 0 atom stereocenters. The number of hydrogen-bond acceptors (Lipinski definition) is 3. The van der Waals surface area contributed by atoms with E-state index in [2.05, 4.69) is 16.0 Å². The number of rotatable bonds is 4. The fourth-order valence-electron chi connectivity index (χ4n) is 2.05. The number of hydrogen-bond donors (Lipinski definition) is 1. The fourth-order valence-corrected chi connectivity index (χ4v) is 2.05. The molecule has 0 radical (unpaired) electrons. The highest BCUT2D eigenvalue weighted by Crippen LogP contribution is 2.37. The average Bonchev–Trinajstić information content (AvgIpc) is 3.08. The summed E-state index contributed by atoms with van der Waals surface area (Å²) in [5.41, 5.74) is 6.99. The summed E-state index contributed by atoms with van der Waals surface area (Å²) >= 11 is 0. The van der Waals surface area contributed by atoms with E-state index >= 15 is 0 Å². The van der Waals surface area contributed by atoms with Crippen molar-refractivity contribution in [3.63, 3.8) is 0 Å². The molecule has 80 valence electrons. The molecule has 2 saturated carbocycles. The van der Waals surface area contributed by atoms with E-state index < -0.39 is 0 Å². The van der Waals surface area contributed by atoms with E-state index in [1.54, 1.807) is 0 Å². The molecule has 2 aliphatic rings. The van der Waals surface area contributed by atoms with Crippen molar-refractivity contribution in [2.45, 2.75) is 31.7 Å². The first-order valence-electron chi connectivity index (χ1n) is 5.81. The number of nitrogen functional groups attached to an aromatic ring is 1. The summed E-state index contributed by atoms with van der Waals surface area (Å²) in [4.78, 5) is 6.57. The Morgan fingerprint density at radius 3 is 2.73 bits per heavy atom. The molecule has 0 spiro atoms. The third-order valence-corrected chi connectivity index (χ3v) is 3.24. The molecule has 2 aliphatic carbocycles. The summed E-state index contributed by atoms with van der Waals surface area (Å²) < 4.78 is 0. The van der Waals surface area contributed by atoms with Gasteiger partial charge in [0, 0.05) is 30.5 Å². The van der Waals surface area contributed by atoms with Gasteiger partial charge in [0.1, 0.15) is 5.82 Å². The fraction of sp³-hybridized carbons (Fsp3) is 0.583. The standard InChI is InChI=1S/C12H17N3/c13-12-7-11(5-6-14-12)15(10-3-4-10)8-9-1-2-9/h5-7,9-10H,1-4,8H2,(H2,13,14). The monoisotopic (exact) mass is 203 g/mol. The second-order valence-electron chi connectivity index (χ2n) is 4.77. The van der Waals surface area contributed by atoms with Crippen LogP contribution >= 0.6 is 0 Å². The van der Waals surface area contributed by atoms with Crippen molar-refractivity contribution < 1.29 is 0 Å². The Bertz CT molecular complexity index is 356. The summed E-state index contributed by atoms with van der Waals surface area (Å²) in [6.45, 7) is 1.22. The second-order valence-corrected chi connectivity index (χ2v) is 4.77. The lowest BCUT2D eigenvalue weighted by atomic mass is 10.3.